The first-order chi connectivity index (χ1) is 17.4. The van der Waals surface area contributed by atoms with Crippen LogP contribution in [0.4, 0.5) is 5.69 Å². The molecule has 0 radical (unpaired) electrons. The summed E-state index contributed by atoms with van der Waals surface area (Å²) in [5, 5.41) is 12.3. The van der Waals surface area contributed by atoms with Crippen LogP contribution in [0, 0.1) is 18.3 Å². The molecule has 0 spiro atoms. The molecule has 1 saturated heterocycles. The highest BCUT2D eigenvalue weighted by molar-refractivity contribution is 7.13. The highest BCUT2D eigenvalue weighted by Gasteiger charge is 2.32. The van der Waals surface area contributed by atoms with E-state index < -0.39 is 5.97 Å². The first-order valence-electron chi connectivity index (χ1n) is 11.9. The second-order valence-corrected chi connectivity index (χ2v) is 9.87. The molecule has 8 nitrogen and oxygen atoms in total. The van der Waals surface area contributed by atoms with Crippen LogP contribution >= 0.6 is 11.3 Å². The Bertz CT molecular complexity index is 1470. The molecule has 1 aliphatic rings. The summed E-state index contributed by atoms with van der Waals surface area (Å²) in [5.74, 6) is -0.195. The summed E-state index contributed by atoms with van der Waals surface area (Å²) in [5.41, 5.74) is 5.59. The topological polar surface area (TPSA) is 95.5 Å². The number of rotatable bonds is 6. The zero-order valence-corrected chi connectivity index (χ0v) is 21.6. The third kappa shape index (κ3) is 4.12. The Morgan fingerprint density at radius 1 is 1.31 bits per heavy atom. The number of thiazole rings is 1. The Kier molecular flexibility index (Phi) is 6.48. The number of carbonyl (C=O) groups is 1. The summed E-state index contributed by atoms with van der Waals surface area (Å²) >= 11 is 1.26. The van der Waals surface area contributed by atoms with Crippen LogP contribution in [-0.4, -0.2) is 60.7 Å². The van der Waals surface area contributed by atoms with Crippen LogP contribution in [0.3, 0.4) is 0 Å². The van der Waals surface area contributed by atoms with Gasteiger partial charge in [-0.15, -0.1) is 11.3 Å². The van der Waals surface area contributed by atoms with Gasteiger partial charge in [-0.25, -0.2) is 14.8 Å². The predicted molar refractivity (Wildman–Crippen MR) is 140 cm³/mol. The van der Waals surface area contributed by atoms with Crippen molar-refractivity contribution in [3.05, 3.63) is 52.5 Å². The molecule has 5 rings (SSSR count). The zero-order chi connectivity index (χ0) is 25.4. The van der Waals surface area contributed by atoms with E-state index in [0.29, 0.717) is 27.7 Å². The summed E-state index contributed by atoms with van der Waals surface area (Å²) < 4.78 is 11.5. The van der Waals surface area contributed by atoms with Gasteiger partial charge in [0.2, 0.25) is 0 Å². The Morgan fingerprint density at radius 3 is 2.75 bits per heavy atom. The first kappa shape index (κ1) is 24.0. The van der Waals surface area contributed by atoms with E-state index in [9.17, 15) is 10.1 Å². The van der Waals surface area contributed by atoms with Gasteiger partial charge >= 0.3 is 5.97 Å². The van der Waals surface area contributed by atoms with Crippen LogP contribution in [0.1, 0.15) is 35.0 Å². The number of aromatic nitrogens is 2. The molecule has 0 saturated carbocycles. The van der Waals surface area contributed by atoms with Crippen LogP contribution in [0.2, 0.25) is 0 Å². The largest absolute Gasteiger partial charge is 0.461 e. The van der Waals surface area contributed by atoms with E-state index in [0.717, 1.165) is 41.9 Å². The second kappa shape index (κ2) is 9.72. The van der Waals surface area contributed by atoms with Crippen molar-refractivity contribution in [1.82, 2.24) is 14.9 Å². The lowest BCUT2D eigenvalue weighted by Crippen LogP contribution is -2.31. The molecule has 184 valence electrons. The summed E-state index contributed by atoms with van der Waals surface area (Å²) in [6.45, 7) is 5.70. The lowest BCUT2D eigenvalue weighted by atomic mass is 9.93. The van der Waals surface area contributed by atoms with Crippen LogP contribution in [0.5, 0.6) is 0 Å². The highest BCUT2D eigenvalue weighted by Crippen LogP contribution is 2.45. The van der Waals surface area contributed by atoms with Gasteiger partial charge < -0.3 is 19.0 Å². The van der Waals surface area contributed by atoms with Gasteiger partial charge in [0.25, 0.3) is 5.89 Å². The van der Waals surface area contributed by atoms with Crippen LogP contribution in [0.15, 0.2) is 40.1 Å². The monoisotopic (exact) mass is 501 g/mol. The van der Waals surface area contributed by atoms with Crippen molar-refractivity contribution in [2.75, 3.05) is 38.7 Å². The molecule has 1 unspecified atom stereocenters. The predicted octanol–water partition coefficient (Wildman–Crippen LogP) is 5.12. The molecule has 36 heavy (non-hydrogen) atoms. The molecule has 1 fully saturated rings. The van der Waals surface area contributed by atoms with Crippen molar-refractivity contribution in [1.29, 1.82) is 5.26 Å². The van der Waals surface area contributed by atoms with Gasteiger partial charge in [0.1, 0.15) is 11.6 Å². The Balaban J connectivity index is 1.73. The second-order valence-electron chi connectivity index (χ2n) is 9.01. The number of anilines is 1. The van der Waals surface area contributed by atoms with E-state index in [4.69, 9.17) is 14.1 Å². The van der Waals surface area contributed by atoms with Crippen molar-refractivity contribution < 1.29 is 13.9 Å². The molecule has 4 aromatic rings. The number of nitriles is 1. The number of hydrogen-bond donors (Lipinski definition) is 0. The number of fused-ring (bicyclic) bond motifs is 1. The van der Waals surface area contributed by atoms with E-state index in [-0.39, 0.29) is 18.2 Å². The smallest absolute Gasteiger partial charge is 0.357 e. The molecular weight excluding hydrogens is 474 g/mol. The number of hydrogen-bond acceptors (Lipinski definition) is 9. The number of nitrogens with zero attached hydrogens (tertiary/aromatic N) is 5. The fourth-order valence-electron chi connectivity index (χ4n) is 4.77. The Hall–Kier alpha value is -3.74. The summed E-state index contributed by atoms with van der Waals surface area (Å²) in [6, 6.07) is 12.9. The minimum absolute atomic E-state index is 0.217. The van der Waals surface area contributed by atoms with Gasteiger partial charge in [0, 0.05) is 30.1 Å². The van der Waals surface area contributed by atoms with Gasteiger partial charge in [-0.3, -0.25) is 0 Å². The van der Waals surface area contributed by atoms with Crippen molar-refractivity contribution in [2.45, 2.75) is 26.3 Å². The molecule has 1 atom stereocenters. The Morgan fingerprint density at radius 2 is 2.08 bits per heavy atom. The number of oxazole rings is 1. The molecule has 0 amide bonds. The maximum Gasteiger partial charge on any atom is 0.357 e. The van der Waals surface area contributed by atoms with E-state index in [1.807, 2.05) is 25.1 Å². The standard InChI is InChI=1S/C27H27N5O3S/c1-5-34-27(33)20-15-36-26(29-20)25-30-22-19(13-28)16(2)21(17-9-7-6-8-10-17)23(24(22)35-25)32-12-11-18(14-32)31(3)4/h6-10,15,18H,5,11-12,14H2,1-4H3. The quantitative estimate of drug-likeness (QED) is 0.336. The first-order valence-corrected chi connectivity index (χ1v) is 12.8. The Labute approximate surface area is 213 Å². The molecule has 2 aromatic heterocycles. The molecule has 0 bridgehead atoms. The SMILES string of the molecule is CCOC(=O)c1csc(-c2nc3c(C#N)c(C)c(-c4ccccc4)c(N4CCC(N(C)C)C4)c3o2)n1. The van der Waals surface area contributed by atoms with Gasteiger partial charge in [-0.2, -0.15) is 5.26 Å². The van der Waals surface area contributed by atoms with E-state index in [2.05, 4.69) is 47.1 Å². The normalized spacial score (nSPS) is 15.6. The van der Waals surface area contributed by atoms with E-state index >= 15 is 0 Å². The number of benzene rings is 2. The maximum atomic E-state index is 12.1. The van der Waals surface area contributed by atoms with Crippen molar-refractivity contribution in [3.63, 3.8) is 0 Å². The van der Waals surface area contributed by atoms with E-state index in [1.165, 1.54) is 11.3 Å². The number of esters is 1. The zero-order valence-electron chi connectivity index (χ0n) is 20.7. The van der Waals surface area contributed by atoms with Gasteiger partial charge in [0.05, 0.1) is 17.9 Å². The molecule has 3 heterocycles. The lowest BCUT2D eigenvalue weighted by molar-refractivity contribution is 0.0520. The number of ether oxygens (including phenoxy) is 1. The molecular formula is C27H27N5O3S. The van der Waals surface area contributed by atoms with Gasteiger partial charge in [0.15, 0.2) is 16.3 Å². The molecule has 2 aromatic carbocycles. The van der Waals surface area contributed by atoms with Crippen LogP contribution < -0.4 is 4.90 Å². The van der Waals surface area contributed by atoms with E-state index in [1.54, 1.807) is 12.3 Å². The van der Waals surface area contributed by atoms with Gasteiger partial charge in [-0.05, 0) is 45.5 Å². The third-order valence-electron chi connectivity index (χ3n) is 6.62. The minimum atomic E-state index is -0.483. The molecule has 0 aliphatic carbocycles. The molecule has 1 aliphatic heterocycles. The summed E-state index contributed by atoms with van der Waals surface area (Å²) in [4.78, 5) is 25.8. The summed E-state index contributed by atoms with van der Waals surface area (Å²) in [7, 11) is 4.20. The fraction of sp³-hybridized carbons (Fsp3) is 0.333. The minimum Gasteiger partial charge on any atom is -0.461 e. The van der Waals surface area contributed by atoms with Crippen LogP contribution in [0.25, 0.3) is 33.1 Å². The number of carbonyl (C=O) groups excluding carboxylic acids is 1. The van der Waals surface area contributed by atoms with Crippen molar-refractivity contribution in [3.8, 4) is 28.1 Å². The number of likely N-dealkylation sites (N-methyl/N-ethyl adjacent to an activating group) is 1. The van der Waals surface area contributed by atoms with Gasteiger partial charge in [-0.1, -0.05) is 30.3 Å². The van der Waals surface area contributed by atoms with Crippen LogP contribution in [-0.2, 0) is 4.74 Å². The average molecular weight is 502 g/mol. The molecule has 9 heteroatoms. The average Bonchev–Trinajstić information content (AvgIpc) is 3.63. The van der Waals surface area contributed by atoms with Crippen molar-refractivity contribution in [2.24, 2.45) is 0 Å². The summed E-state index contributed by atoms with van der Waals surface area (Å²) in [6.07, 6.45) is 1.03. The lowest BCUT2D eigenvalue weighted by Gasteiger charge is -2.25. The maximum absolute atomic E-state index is 12.1. The third-order valence-corrected chi connectivity index (χ3v) is 7.45. The fourth-order valence-corrected chi connectivity index (χ4v) is 5.48. The van der Waals surface area contributed by atoms with Crippen molar-refractivity contribution >= 4 is 34.1 Å². The highest BCUT2D eigenvalue weighted by atomic mass is 32.1. The molecule has 0 N–H and O–H groups in total.